The number of fused-ring (bicyclic) bond motifs is 3. The van der Waals surface area contributed by atoms with Crippen molar-refractivity contribution in [2.24, 2.45) is 0 Å². The van der Waals surface area contributed by atoms with Crippen molar-refractivity contribution < 1.29 is 4.79 Å². The molecule has 2 aromatic rings. The second-order valence-electron chi connectivity index (χ2n) is 5.74. The molecule has 0 bridgehead atoms. The molecule has 1 fully saturated rings. The Hall–Kier alpha value is -2.34. The van der Waals surface area contributed by atoms with E-state index < -0.39 is 0 Å². The quantitative estimate of drug-likeness (QED) is 0.747. The zero-order valence-electron chi connectivity index (χ0n) is 12.7. The van der Waals surface area contributed by atoms with Crippen molar-refractivity contribution in [3.63, 3.8) is 0 Å². The van der Waals surface area contributed by atoms with Crippen LogP contribution in [0.25, 0.3) is 0 Å². The highest BCUT2D eigenvalue weighted by molar-refractivity contribution is 6.28. The number of piperazine rings is 1. The van der Waals surface area contributed by atoms with Crippen LogP contribution in [0.2, 0.25) is 5.28 Å². The Labute approximate surface area is 139 Å². The summed E-state index contributed by atoms with van der Waals surface area (Å²) >= 11 is 5.95. The molecule has 1 atom stereocenters. The third-order valence-corrected chi connectivity index (χ3v) is 4.65. The van der Waals surface area contributed by atoms with E-state index >= 15 is 0 Å². The average Bonchev–Trinajstić information content (AvgIpc) is 2.60. The second-order valence-corrected chi connectivity index (χ2v) is 6.07. The van der Waals surface area contributed by atoms with Crippen LogP contribution in [0, 0.1) is 0 Å². The number of carbonyl (C=O) groups excluding carboxylic acids is 1. The number of para-hydroxylation sites is 1. The molecule has 0 saturated carbocycles. The Kier molecular flexibility index (Phi) is 3.34. The highest BCUT2D eigenvalue weighted by Gasteiger charge is 2.41. The van der Waals surface area contributed by atoms with Crippen molar-refractivity contribution in [1.29, 1.82) is 0 Å². The number of anilines is 3. The molecule has 1 aromatic heterocycles. The highest BCUT2D eigenvalue weighted by atomic mass is 35.5. The molecule has 3 heterocycles. The summed E-state index contributed by atoms with van der Waals surface area (Å²) in [5.74, 6) is 0.800. The largest absolute Gasteiger partial charge is 0.367 e. The summed E-state index contributed by atoms with van der Waals surface area (Å²) in [5.41, 5.74) is 1.85. The number of hydrogen-bond donors (Lipinski definition) is 0. The molecule has 1 amide bonds. The number of amides is 1. The van der Waals surface area contributed by atoms with Crippen molar-refractivity contribution in [3.8, 4) is 0 Å². The van der Waals surface area contributed by atoms with E-state index in [1.165, 1.54) is 0 Å². The number of halogens is 1. The van der Waals surface area contributed by atoms with Gasteiger partial charge in [-0.05, 0) is 23.7 Å². The third kappa shape index (κ3) is 2.30. The molecule has 2 aliphatic heterocycles. The summed E-state index contributed by atoms with van der Waals surface area (Å²) in [6.45, 7) is 2.19. The number of carbonyl (C=O) groups is 1. The van der Waals surface area contributed by atoms with Gasteiger partial charge < -0.3 is 14.7 Å². The van der Waals surface area contributed by atoms with E-state index in [0.717, 1.165) is 24.6 Å². The predicted octanol–water partition coefficient (Wildman–Crippen LogP) is 1.80. The van der Waals surface area contributed by atoms with Gasteiger partial charge in [0.25, 0.3) is 5.91 Å². The summed E-state index contributed by atoms with van der Waals surface area (Å²) < 4.78 is 0. The zero-order chi connectivity index (χ0) is 16.0. The van der Waals surface area contributed by atoms with Crippen LogP contribution in [0.1, 0.15) is 0 Å². The first-order valence-electron chi connectivity index (χ1n) is 7.52. The van der Waals surface area contributed by atoms with Crippen molar-refractivity contribution in [2.75, 3.05) is 41.4 Å². The maximum atomic E-state index is 12.8. The molecule has 4 rings (SSSR count). The maximum absolute atomic E-state index is 12.8. The molecule has 0 spiro atoms. The van der Waals surface area contributed by atoms with E-state index in [2.05, 4.69) is 27.0 Å². The third-order valence-electron chi connectivity index (χ3n) is 4.47. The lowest BCUT2D eigenvalue weighted by molar-refractivity contribution is -0.119. The van der Waals surface area contributed by atoms with E-state index in [4.69, 9.17) is 11.6 Å². The molecule has 0 N–H and O–H groups in total. The Morgan fingerprint density at radius 3 is 2.78 bits per heavy atom. The van der Waals surface area contributed by atoms with Crippen LogP contribution < -0.4 is 14.7 Å². The lowest BCUT2D eigenvalue weighted by Crippen LogP contribution is -2.62. The lowest BCUT2D eigenvalue weighted by atomic mass is 10.1. The first-order chi connectivity index (χ1) is 11.1. The molecule has 1 aromatic carbocycles. The SMILES string of the molecule is CN1C(=O)C2CN(c3ccccc3)CCN2c2nc(Cl)ncc21. The summed E-state index contributed by atoms with van der Waals surface area (Å²) in [6, 6.07) is 9.90. The van der Waals surface area contributed by atoms with Crippen LogP contribution in [-0.2, 0) is 4.79 Å². The van der Waals surface area contributed by atoms with Crippen molar-refractivity contribution in [2.45, 2.75) is 6.04 Å². The predicted molar refractivity (Wildman–Crippen MR) is 90.2 cm³/mol. The molecule has 0 radical (unpaired) electrons. The van der Waals surface area contributed by atoms with Gasteiger partial charge in [-0.15, -0.1) is 0 Å². The van der Waals surface area contributed by atoms with Gasteiger partial charge in [-0.2, -0.15) is 4.98 Å². The fourth-order valence-electron chi connectivity index (χ4n) is 3.26. The van der Waals surface area contributed by atoms with Gasteiger partial charge in [-0.3, -0.25) is 4.79 Å². The summed E-state index contributed by atoms with van der Waals surface area (Å²) in [7, 11) is 1.76. The van der Waals surface area contributed by atoms with E-state index in [0.29, 0.717) is 12.2 Å². The number of benzene rings is 1. The van der Waals surface area contributed by atoms with Gasteiger partial charge in [0.05, 0.1) is 6.20 Å². The van der Waals surface area contributed by atoms with Crippen molar-refractivity contribution >= 4 is 34.7 Å². The number of rotatable bonds is 1. The summed E-state index contributed by atoms with van der Waals surface area (Å²) in [5, 5.41) is 0.204. The van der Waals surface area contributed by atoms with Crippen LogP contribution in [0.3, 0.4) is 0 Å². The van der Waals surface area contributed by atoms with Gasteiger partial charge in [-0.1, -0.05) is 18.2 Å². The average molecular weight is 330 g/mol. The maximum Gasteiger partial charge on any atom is 0.251 e. The standard InChI is InChI=1S/C16H16ClN5O/c1-20-12-9-18-16(17)19-14(12)22-8-7-21(10-13(22)15(20)23)11-5-3-2-4-6-11/h2-6,9,13H,7-8,10H2,1H3. The molecule has 1 saturated heterocycles. The first-order valence-corrected chi connectivity index (χ1v) is 7.89. The molecule has 0 aliphatic carbocycles. The van der Waals surface area contributed by atoms with Gasteiger partial charge in [0.1, 0.15) is 11.7 Å². The van der Waals surface area contributed by atoms with E-state index in [9.17, 15) is 4.79 Å². The van der Waals surface area contributed by atoms with Gasteiger partial charge in [0.15, 0.2) is 5.82 Å². The summed E-state index contributed by atoms with van der Waals surface area (Å²) in [4.78, 5) is 27.0. The fraction of sp³-hybridized carbons (Fsp3) is 0.312. The number of nitrogens with zero attached hydrogens (tertiary/aromatic N) is 5. The van der Waals surface area contributed by atoms with E-state index in [1.807, 2.05) is 23.1 Å². The van der Waals surface area contributed by atoms with Gasteiger partial charge in [0.2, 0.25) is 5.28 Å². The molecule has 118 valence electrons. The summed E-state index contributed by atoms with van der Waals surface area (Å²) in [6.07, 6.45) is 1.61. The Morgan fingerprint density at radius 2 is 2.00 bits per heavy atom. The molecular weight excluding hydrogens is 314 g/mol. The van der Waals surface area contributed by atoms with Crippen LogP contribution in [-0.4, -0.2) is 48.6 Å². The van der Waals surface area contributed by atoms with Crippen LogP contribution in [0.5, 0.6) is 0 Å². The monoisotopic (exact) mass is 329 g/mol. The zero-order valence-corrected chi connectivity index (χ0v) is 13.4. The van der Waals surface area contributed by atoms with Crippen LogP contribution in [0.15, 0.2) is 36.5 Å². The second kappa shape index (κ2) is 5.38. The minimum atomic E-state index is -0.257. The highest BCUT2D eigenvalue weighted by Crippen LogP contribution is 2.35. The van der Waals surface area contributed by atoms with Crippen molar-refractivity contribution in [3.05, 3.63) is 41.8 Å². The van der Waals surface area contributed by atoms with E-state index in [1.54, 1.807) is 18.1 Å². The fourth-order valence-corrected chi connectivity index (χ4v) is 3.39. The molecule has 2 aliphatic rings. The lowest BCUT2D eigenvalue weighted by Gasteiger charge is -2.46. The van der Waals surface area contributed by atoms with Gasteiger partial charge >= 0.3 is 0 Å². The van der Waals surface area contributed by atoms with Gasteiger partial charge in [0, 0.05) is 32.4 Å². The molecular formula is C16H16ClN5O. The number of aromatic nitrogens is 2. The smallest absolute Gasteiger partial charge is 0.251 e. The molecule has 1 unspecified atom stereocenters. The molecule has 6 nitrogen and oxygen atoms in total. The minimum absolute atomic E-state index is 0.0593. The number of hydrogen-bond acceptors (Lipinski definition) is 5. The van der Waals surface area contributed by atoms with Crippen LogP contribution in [0.4, 0.5) is 17.2 Å². The van der Waals surface area contributed by atoms with Crippen LogP contribution >= 0.6 is 11.6 Å². The number of likely N-dealkylation sites (N-methyl/N-ethyl adjacent to an activating group) is 1. The van der Waals surface area contributed by atoms with Crippen molar-refractivity contribution in [1.82, 2.24) is 9.97 Å². The molecule has 7 heteroatoms. The topological polar surface area (TPSA) is 52.6 Å². The Morgan fingerprint density at radius 1 is 1.22 bits per heavy atom. The first kappa shape index (κ1) is 14.3. The minimum Gasteiger partial charge on any atom is -0.367 e. The normalized spacial score (nSPS) is 20.3. The molecule has 23 heavy (non-hydrogen) atoms. The Balaban J connectivity index is 1.69. The Bertz CT molecular complexity index is 753. The van der Waals surface area contributed by atoms with E-state index in [-0.39, 0.29) is 17.2 Å². The van der Waals surface area contributed by atoms with Gasteiger partial charge in [-0.25, -0.2) is 4.98 Å².